The van der Waals surface area contributed by atoms with E-state index in [-0.39, 0.29) is 35.7 Å². The molecule has 0 amide bonds. The average Bonchev–Trinajstić information content (AvgIpc) is 3.17. The summed E-state index contributed by atoms with van der Waals surface area (Å²) >= 11 is 0. The molecule has 8 nitrogen and oxygen atoms in total. The zero-order chi connectivity index (χ0) is 26.0. The first kappa shape index (κ1) is 25.5. The smallest absolute Gasteiger partial charge is 0.416 e. The van der Waals surface area contributed by atoms with Gasteiger partial charge in [-0.1, -0.05) is 0 Å². The molecular formula is C25H29F3N6O2. The van der Waals surface area contributed by atoms with E-state index in [9.17, 15) is 18.0 Å². The van der Waals surface area contributed by atoms with Gasteiger partial charge in [0, 0.05) is 24.5 Å². The van der Waals surface area contributed by atoms with Crippen molar-refractivity contribution < 1.29 is 22.7 Å². The van der Waals surface area contributed by atoms with Crippen molar-refractivity contribution in [2.45, 2.75) is 59.2 Å². The largest absolute Gasteiger partial charge is 0.462 e. The second-order valence-electron chi connectivity index (χ2n) is 8.88. The average molecular weight is 503 g/mol. The Morgan fingerprint density at radius 3 is 2.64 bits per heavy atom. The number of esters is 1. The van der Waals surface area contributed by atoms with Crippen molar-refractivity contribution in [1.29, 1.82) is 0 Å². The number of piperidine rings is 1. The van der Waals surface area contributed by atoms with Crippen LogP contribution in [-0.2, 0) is 10.9 Å². The number of hydrogen-bond donors (Lipinski definition) is 1. The number of aromatic nitrogens is 4. The third-order valence-corrected chi connectivity index (χ3v) is 6.16. The van der Waals surface area contributed by atoms with Crippen molar-refractivity contribution in [2.24, 2.45) is 0 Å². The molecule has 1 fully saturated rings. The fourth-order valence-electron chi connectivity index (χ4n) is 4.41. The Morgan fingerprint density at radius 2 is 2.00 bits per heavy atom. The fourth-order valence-corrected chi connectivity index (χ4v) is 4.41. The van der Waals surface area contributed by atoms with Crippen molar-refractivity contribution in [3.8, 4) is 5.95 Å². The third-order valence-electron chi connectivity index (χ3n) is 6.16. The van der Waals surface area contributed by atoms with Gasteiger partial charge in [0.15, 0.2) is 5.82 Å². The van der Waals surface area contributed by atoms with Crippen LogP contribution in [-0.4, -0.2) is 44.9 Å². The van der Waals surface area contributed by atoms with Crippen molar-refractivity contribution in [3.63, 3.8) is 0 Å². The normalized spacial score (nSPS) is 16.2. The molecule has 3 heterocycles. The zero-order valence-corrected chi connectivity index (χ0v) is 20.7. The molecule has 0 saturated carbocycles. The maximum absolute atomic E-state index is 13.6. The number of alkyl halides is 3. The van der Waals surface area contributed by atoms with Crippen LogP contribution >= 0.6 is 0 Å². The summed E-state index contributed by atoms with van der Waals surface area (Å²) in [7, 11) is 0. The zero-order valence-electron chi connectivity index (χ0n) is 20.7. The maximum Gasteiger partial charge on any atom is 0.416 e. The molecule has 1 N–H and O–H groups in total. The van der Waals surface area contributed by atoms with Crippen LogP contribution in [0.25, 0.3) is 5.95 Å². The molecule has 36 heavy (non-hydrogen) atoms. The van der Waals surface area contributed by atoms with Gasteiger partial charge in [0.05, 0.1) is 29.2 Å². The van der Waals surface area contributed by atoms with Gasteiger partial charge in [-0.05, 0) is 71.2 Å². The molecule has 3 aromatic rings. The van der Waals surface area contributed by atoms with E-state index in [1.807, 2.05) is 19.9 Å². The van der Waals surface area contributed by atoms with Crippen molar-refractivity contribution in [3.05, 3.63) is 53.0 Å². The second-order valence-corrected chi connectivity index (χ2v) is 8.88. The molecule has 0 radical (unpaired) electrons. The summed E-state index contributed by atoms with van der Waals surface area (Å²) in [5.74, 6) is -0.466. The number of nitrogens with one attached hydrogen (secondary N) is 1. The third kappa shape index (κ3) is 5.29. The van der Waals surface area contributed by atoms with Gasteiger partial charge in [0.25, 0.3) is 5.95 Å². The van der Waals surface area contributed by atoms with Crippen molar-refractivity contribution in [1.82, 2.24) is 19.7 Å². The van der Waals surface area contributed by atoms with Gasteiger partial charge in [-0.15, -0.1) is 0 Å². The van der Waals surface area contributed by atoms with E-state index in [1.54, 1.807) is 6.92 Å². The van der Waals surface area contributed by atoms with E-state index in [2.05, 4.69) is 32.2 Å². The van der Waals surface area contributed by atoms with Crippen molar-refractivity contribution >= 4 is 23.2 Å². The van der Waals surface area contributed by atoms with E-state index in [0.717, 1.165) is 42.8 Å². The molecule has 4 rings (SSSR count). The standard InChI is InChI=1S/C25H29F3N6O2/c1-5-36-23(35)19-14-29-24(34-17(4)12-15(2)32-34)31-22(19)30-20-13-18(25(26,27)28)9-10-21(20)33-11-7-6-8-16(33)3/h9-10,12-14,16H,5-8,11H2,1-4H3,(H,29,30,31). The Morgan fingerprint density at radius 1 is 1.22 bits per heavy atom. The Hall–Kier alpha value is -3.63. The van der Waals surface area contributed by atoms with E-state index >= 15 is 0 Å². The van der Waals surface area contributed by atoms with Crippen LogP contribution in [0.4, 0.5) is 30.4 Å². The molecule has 11 heteroatoms. The van der Waals surface area contributed by atoms with Crippen LogP contribution < -0.4 is 10.2 Å². The number of anilines is 3. The minimum Gasteiger partial charge on any atom is -0.462 e. The van der Waals surface area contributed by atoms with Crippen LogP contribution in [0.1, 0.15) is 60.4 Å². The van der Waals surface area contributed by atoms with E-state index in [1.165, 1.54) is 16.9 Å². The minimum atomic E-state index is -4.53. The number of benzene rings is 1. The number of ether oxygens (including phenoxy) is 1. The second kappa shape index (κ2) is 10.2. The van der Waals surface area contributed by atoms with E-state index in [0.29, 0.717) is 12.2 Å². The highest BCUT2D eigenvalue weighted by molar-refractivity contribution is 5.96. The number of hydrogen-bond acceptors (Lipinski definition) is 7. The predicted molar refractivity (Wildman–Crippen MR) is 130 cm³/mol. The minimum absolute atomic E-state index is 0.0113. The van der Waals surface area contributed by atoms with Crippen LogP contribution in [0.15, 0.2) is 30.5 Å². The molecule has 0 bridgehead atoms. The van der Waals surface area contributed by atoms with Gasteiger partial charge in [-0.25, -0.2) is 14.5 Å². The number of nitrogens with zero attached hydrogens (tertiary/aromatic N) is 5. The topological polar surface area (TPSA) is 85.2 Å². The van der Waals surface area contributed by atoms with E-state index in [4.69, 9.17) is 4.74 Å². The first-order valence-corrected chi connectivity index (χ1v) is 11.9. The summed E-state index contributed by atoms with van der Waals surface area (Å²) in [5, 5.41) is 7.39. The molecule has 1 aliphatic rings. The van der Waals surface area contributed by atoms with Gasteiger partial charge in [0.1, 0.15) is 5.56 Å². The van der Waals surface area contributed by atoms with E-state index < -0.39 is 17.7 Å². The highest BCUT2D eigenvalue weighted by Gasteiger charge is 2.32. The number of rotatable bonds is 6. The van der Waals surface area contributed by atoms with Gasteiger partial charge in [-0.3, -0.25) is 0 Å². The lowest BCUT2D eigenvalue weighted by molar-refractivity contribution is -0.137. The van der Waals surface area contributed by atoms with Gasteiger partial charge in [0.2, 0.25) is 0 Å². The van der Waals surface area contributed by atoms with Crippen LogP contribution in [0.3, 0.4) is 0 Å². The highest BCUT2D eigenvalue weighted by Crippen LogP contribution is 2.39. The SMILES string of the molecule is CCOC(=O)c1cnc(-n2nc(C)cc2C)nc1Nc1cc(C(F)(F)F)ccc1N1CCCCC1C. The Bertz CT molecular complexity index is 1260. The molecule has 2 aromatic heterocycles. The molecular weight excluding hydrogens is 473 g/mol. The first-order valence-electron chi connectivity index (χ1n) is 11.9. The highest BCUT2D eigenvalue weighted by atomic mass is 19.4. The summed E-state index contributed by atoms with van der Waals surface area (Å²) in [6, 6.07) is 5.60. The summed E-state index contributed by atoms with van der Waals surface area (Å²) in [4.78, 5) is 23.5. The molecule has 0 aliphatic carbocycles. The molecule has 1 aliphatic heterocycles. The van der Waals surface area contributed by atoms with Crippen LogP contribution in [0, 0.1) is 13.8 Å². The monoisotopic (exact) mass is 502 g/mol. The molecule has 0 spiro atoms. The summed E-state index contributed by atoms with van der Waals surface area (Å²) < 4.78 is 47.6. The first-order chi connectivity index (χ1) is 17.1. The Labute approximate surface area is 207 Å². The number of carbonyl (C=O) groups is 1. The number of halogens is 3. The molecule has 1 aromatic carbocycles. The summed E-state index contributed by atoms with van der Waals surface area (Å²) in [6.45, 7) is 8.21. The quantitative estimate of drug-likeness (QED) is 0.440. The summed E-state index contributed by atoms with van der Waals surface area (Å²) in [5.41, 5.74) is 1.53. The molecule has 192 valence electrons. The Balaban J connectivity index is 1.84. The predicted octanol–water partition coefficient (Wildman–Crippen LogP) is 5.60. The number of carbonyl (C=O) groups excluding carboxylic acids is 1. The summed E-state index contributed by atoms with van der Waals surface area (Å²) in [6.07, 6.45) is -0.298. The molecule has 1 saturated heterocycles. The molecule has 1 atom stereocenters. The maximum atomic E-state index is 13.6. The van der Waals surface area contributed by atoms with Crippen molar-refractivity contribution in [2.75, 3.05) is 23.4 Å². The van der Waals surface area contributed by atoms with Gasteiger partial charge < -0.3 is 15.0 Å². The van der Waals surface area contributed by atoms with Gasteiger partial charge in [-0.2, -0.15) is 23.3 Å². The Kier molecular flexibility index (Phi) is 7.18. The van der Waals surface area contributed by atoms with Crippen LogP contribution in [0.2, 0.25) is 0 Å². The lowest BCUT2D eigenvalue weighted by Gasteiger charge is -2.37. The lowest BCUT2D eigenvalue weighted by Crippen LogP contribution is -2.37. The van der Waals surface area contributed by atoms with Gasteiger partial charge >= 0.3 is 12.1 Å². The molecule has 1 unspecified atom stereocenters. The number of aryl methyl sites for hydroxylation is 2. The lowest BCUT2D eigenvalue weighted by atomic mass is 10.0. The fraction of sp³-hybridized carbons (Fsp3) is 0.440. The van der Waals surface area contributed by atoms with Crippen LogP contribution in [0.5, 0.6) is 0 Å².